The summed E-state index contributed by atoms with van der Waals surface area (Å²) in [7, 11) is -3.82. The van der Waals surface area contributed by atoms with Gasteiger partial charge in [-0.3, -0.25) is 9.19 Å². The molecule has 1 atom stereocenters. The van der Waals surface area contributed by atoms with E-state index in [-0.39, 0.29) is 47.1 Å². The van der Waals surface area contributed by atoms with Crippen molar-refractivity contribution in [1.82, 2.24) is 15.0 Å². The number of hydrogen-bond acceptors (Lipinski definition) is 5. The summed E-state index contributed by atoms with van der Waals surface area (Å²) < 4.78 is 44.0. The summed E-state index contributed by atoms with van der Waals surface area (Å²) in [6.45, 7) is 2.23. The zero-order valence-electron chi connectivity index (χ0n) is 17.8. The first-order valence-corrected chi connectivity index (χ1v) is 9.14. The molecule has 2 aromatic heterocycles. The molecule has 0 N–H and O–H groups in total. The Kier molecular flexibility index (Phi) is 6.61. The second-order valence-corrected chi connectivity index (χ2v) is 6.76. The van der Waals surface area contributed by atoms with E-state index in [0.29, 0.717) is 35.5 Å². The molecule has 0 saturated heterocycles. The molecular weight excluding hydrogens is 362 g/mol. The summed E-state index contributed by atoms with van der Waals surface area (Å²) in [5.74, 6) is 0.797. The Morgan fingerprint density at radius 3 is 2.92 bits per heavy atom. The molecule has 0 saturated carbocycles. The predicted octanol–water partition coefficient (Wildman–Crippen LogP) is -0.377. The molecule has 1 aromatic carbocycles. The standard InChI is InChI=1S/C18H20N3O3S.Na/c1-13-16(19-9-8-17(13)24-11-5-10-23-2)12-25(22)18-20-14-6-3-4-7-15(14)21-18;/h3-4,6-9H,5,10-12H2,1-2H3;/q-1;+1/i2+1D3;. The van der Waals surface area contributed by atoms with E-state index in [9.17, 15) is 4.21 Å². The van der Waals surface area contributed by atoms with E-state index in [1.807, 2.05) is 31.2 Å². The van der Waals surface area contributed by atoms with Crippen LogP contribution in [-0.2, 0) is 21.3 Å². The minimum absolute atomic E-state index is 0. The van der Waals surface area contributed by atoms with Crippen LogP contribution in [0.4, 0.5) is 0 Å². The van der Waals surface area contributed by atoms with Gasteiger partial charge in [-0.2, -0.15) is 0 Å². The summed E-state index contributed by atoms with van der Waals surface area (Å²) >= 11 is 0. The smallest absolute Gasteiger partial charge is 0.493 e. The average molecular weight is 385 g/mol. The van der Waals surface area contributed by atoms with Crippen LogP contribution in [0.25, 0.3) is 11.0 Å². The van der Waals surface area contributed by atoms with E-state index >= 15 is 0 Å². The van der Waals surface area contributed by atoms with E-state index in [4.69, 9.17) is 13.6 Å². The molecule has 3 aromatic rings. The van der Waals surface area contributed by atoms with Gasteiger partial charge in [-0.15, -0.1) is 0 Å². The van der Waals surface area contributed by atoms with Crippen molar-refractivity contribution in [2.75, 3.05) is 20.3 Å². The number of benzene rings is 1. The van der Waals surface area contributed by atoms with Gasteiger partial charge in [0.1, 0.15) is 5.75 Å². The number of fused-ring (bicyclic) bond motifs is 1. The Hall–Kier alpha value is -1.25. The molecule has 2 heterocycles. The average Bonchev–Trinajstić information content (AvgIpc) is 3.07. The number of hydrogen-bond donors (Lipinski definition) is 0. The van der Waals surface area contributed by atoms with Crippen molar-refractivity contribution in [3.8, 4) is 5.75 Å². The summed E-state index contributed by atoms with van der Waals surface area (Å²) in [5.41, 5.74) is 2.85. The van der Waals surface area contributed by atoms with Crippen molar-refractivity contribution in [3.05, 3.63) is 47.8 Å². The maximum atomic E-state index is 12.7. The third kappa shape index (κ3) is 5.14. The van der Waals surface area contributed by atoms with Gasteiger partial charge in [0.25, 0.3) is 0 Å². The normalized spacial score (nSPS) is 14.1. The zero-order valence-corrected chi connectivity index (χ0v) is 17.6. The van der Waals surface area contributed by atoms with E-state index in [1.54, 1.807) is 12.3 Å². The van der Waals surface area contributed by atoms with Gasteiger partial charge in [-0.05, 0) is 24.0 Å². The second kappa shape index (κ2) is 10.2. The molecule has 0 aliphatic carbocycles. The SMILES string of the molecule is [2H][13C]([2H])([2H])OCCCOc1ccnc(CS(=O)c2nc3ccccc3[n-]2)c1C.[Na+]. The second-order valence-electron chi connectivity index (χ2n) is 5.42. The number of para-hydroxylation sites is 2. The van der Waals surface area contributed by atoms with E-state index in [2.05, 4.69) is 15.0 Å². The van der Waals surface area contributed by atoms with Crippen molar-refractivity contribution in [3.63, 3.8) is 0 Å². The van der Waals surface area contributed by atoms with Crippen molar-refractivity contribution in [2.24, 2.45) is 0 Å². The number of imidazole rings is 1. The molecule has 0 bridgehead atoms. The molecule has 0 amide bonds. The van der Waals surface area contributed by atoms with Gasteiger partial charge in [-0.1, -0.05) is 24.3 Å². The van der Waals surface area contributed by atoms with Crippen LogP contribution in [0.1, 0.15) is 21.8 Å². The minimum Gasteiger partial charge on any atom is -0.493 e. The summed E-state index contributed by atoms with van der Waals surface area (Å²) in [6, 6.07) is 9.10. The van der Waals surface area contributed by atoms with Crippen LogP contribution in [0.3, 0.4) is 0 Å². The quantitative estimate of drug-likeness (QED) is 0.299. The molecule has 0 radical (unpaired) electrons. The largest absolute Gasteiger partial charge is 1.00 e. The van der Waals surface area contributed by atoms with Gasteiger partial charge in [0.05, 0.1) is 33.0 Å². The van der Waals surface area contributed by atoms with Crippen molar-refractivity contribution >= 4 is 21.8 Å². The minimum atomic E-state index is -2.39. The number of nitrogens with zero attached hydrogens (tertiary/aromatic N) is 3. The van der Waals surface area contributed by atoms with Crippen LogP contribution < -0.4 is 39.3 Å². The van der Waals surface area contributed by atoms with Crippen molar-refractivity contribution < 1.29 is 47.4 Å². The molecule has 0 aliphatic heterocycles. The van der Waals surface area contributed by atoms with Crippen LogP contribution >= 0.6 is 0 Å². The van der Waals surface area contributed by atoms with Crippen LogP contribution in [0.5, 0.6) is 5.75 Å². The first-order chi connectivity index (χ1) is 13.3. The van der Waals surface area contributed by atoms with Gasteiger partial charge in [0.2, 0.25) is 0 Å². The van der Waals surface area contributed by atoms with Gasteiger partial charge < -0.3 is 19.4 Å². The third-order valence-corrected chi connectivity index (χ3v) is 4.82. The third-order valence-electron chi connectivity index (χ3n) is 3.69. The zero-order chi connectivity index (χ0) is 20.1. The first kappa shape index (κ1) is 16.9. The molecule has 1 unspecified atom stereocenters. The van der Waals surface area contributed by atoms with Crippen LogP contribution in [0.15, 0.2) is 41.7 Å². The monoisotopic (exact) mass is 385 g/mol. The number of rotatable bonds is 8. The summed E-state index contributed by atoms with van der Waals surface area (Å²) in [4.78, 5) is 12.9. The molecule has 6 nitrogen and oxygen atoms in total. The number of aromatic nitrogens is 3. The molecule has 0 spiro atoms. The van der Waals surface area contributed by atoms with Gasteiger partial charge in [-0.25, -0.2) is 0 Å². The fraction of sp³-hybridized carbons (Fsp3) is 0.333. The van der Waals surface area contributed by atoms with Crippen LogP contribution in [0, 0.1) is 6.92 Å². The summed E-state index contributed by atoms with van der Waals surface area (Å²) in [5, 5.41) is 0.288. The Labute approximate surface area is 181 Å². The van der Waals surface area contributed by atoms with Crippen molar-refractivity contribution in [2.45, 2.75) is 24.3 Å². The fourth-order valence-electron chi connectivity index (χ4n) is 2.35. The predicted molar refractivity (Wildman–Crippen MR) is 96.1 cm³/mol. The molecule has 3 rings (SSSR count). The Balaban J connectivity index is 0.00000300. The Bertz CT molecular complexity index is 949. The molecule has 0 aliphatic rings. The van der Waals surface area contributed by atoms with Crippen molar-refractivity contribution in [1.29, 1.82) is 0 Å². The molecule has 0 fully saturated rings. The number of ether oxygens (including phenoxy) is 2. The topological polar surface area (TPSA) is 75.4 Å². The molecular formula is C18H20N3NaO3S. The van der Waals surface area contributed by atoms with Gasteiger partial charge in [0, 0.05) is 37.0 Å². The van der Waals surface area contributed by atoms with E-state index in [1.165, 1.54) is 0 Å². The van der Waals surface area contributed by atoms with Crippen LogP contribution in [-0.4, -0.2) is 34.4 Å². The van der Waals surface area contributed by atoms with Crippen LogP contribution in [0.2, 0.25) is 0 Å². The summed E-state index contributed by atoms with van der Waals surface area (Å²) in [6.07, 6.45) is 2.03. The van der Waals surface area contributed by atoms with E-state index in [0.717, 1.165) is 5.56 Å². The maximum Gasteiger partial charge on any atom is 1.00 e. The van der Waals surface area contributed by atoms with E-state index < -0.39 is 17.8 Å². The Morgan fingerprint density at radius 1 is 1.27 bits per heavy atom. The van der Waals surface area contributed by atoms with Gasteiger partial charge in [0.15, 0.2) is 0 Å². The Morgan fingerprint density at radius 2 is 2.12 bits per heavy atom. The maximum absolute atomic E-state index is 12.7. The first-order valence-electron chi connectivity index (χ1n) is 9.32. The number of pyridine rings is 1. The fourth-order valence-corrected chi connectivity index (χ4v) is 3.42. The molecule has 132 valence electrons. The van der Waals surface area contributed by atoms with Gasteiger partial charge >= 0.3 is 29.6 Å². The molecule has 8 heteroatoms. The molecule has 26 heavy (non-hydrogen) atoms. The number of methoxy groups -OCH3 is 1.